The lowest BCUT2D eigenvalue weighted by Gasteiger charge is -2.28. The third-order valence-electron chi connectivity index (χ3n) is 8.22. The summed E-state index contributed by atoms with van der Waals surface area (Å²) in [5, 5.41) is 11.7. The molecule has 11 heteroatoms. The average molecular weight is 660 g/mol. The highest BCUT2D eigenvalue weighted by atomic mass is 16.5. The lowest BCUT2D eigenvalue weighted by Crippen LogP contribution is -2.34. The van der Waals surface area contributed by atoms with Gasteiger partial charge >= 0.3 is 5.97 Å². The summed E-state index contributed by atoms with van der Waals surface area (Å²) in [6, 6.07) is 15.2. The number of nitrogens with one attached hydrogen (secondary N) is 1. The predicted octanol–water partition coefficient (Wildman–Crippen LogP) is 5.75. The molecule has 0 atom stereocenters. The molecule has 1 aliphatic heterocycles. The number of carbonyl (C=O) groups is 4. The van der Waals surface area contributed by atoms with Crippen LogP contribution in [-0.2, 0) is 41.7 Å². The van der Waals surface area contributed by atoms with Gasteiger partial charge in [0.1, 0.15) is 18.0 Å². The maximum absolute atomic E-state index is 13.8. The Hall–Kier alpha value is -4.38. The molecule has 0 radical (unpaired) electrons. The van der Waals surface area contributed by atoms with Crippen molar-refractivity contribution in [3.8, 4) is 22.5 Å². The smallest absolute Gasteiger partial charge is 0.327 e. The molecular formula is C37H49N5O6. The van der Waals surface area contributed by atoms with Crippen molar-refractivity contribution in [3.05, 3.63) is 54.1 Å². The minimum Gasteiger partial charge on any atom is -0.464 e. The molecule has 11 nitrogen and oxygen atoms in total. The maximum Gasteiger partial charge on any atom is 0.327 e. The number of rotatable bonds is 18. The minimum absolute atomic E-state index is 0.000612. The van der Waals surface area contributed by atoms with Crippen molar-refractivity contribution in [3.63, 3.8) is 0 Å². The summed E-state index contributed by atoms with van der Waals surface area (Å²) in [5.74, 6) is 0.341. The van der Waals surface area contributed by atoms with Gasteiger partial charge in [-0.25, -0.2) is 4.68 Å². The molecule has 1 N–H and O–H groups in total. The SMILES string of the molecule is CC(C)CCCOC(=O)Cn1nnc2c1-c1ccccc1N(C(=O)CCC(=O)NCCOCCC(=O)CCC(C)C)Cc1ccccc1-2. The number of anilines is 1. The first-order valence-corrected chi connectivity index (χ1v) is 17.1. The van der Waals surface area contributed by atoms with Gasteiger partial charge in [0.25, 0.3) is 0 Å². The minimum atomic E-state index is -0.404. The van der Waals surface area contributed by atoms with Gasteiger partial charge in [-0.1, -0.05) is 75.4 Å². The van der Waals surface area contributed by atoms with Gasteiger partial charge in [0.15, 0.2) is 0 Å². The van der Waals surface area contributed by atoms with Gasteiger partial charge in [-0.3, -0.25) is 19.2 Å². The normalized spacial score (nSPS) is 12.2. The second-order valence-electron chi connectivity index (χ2n) is 13.0. The summed E-state index contributed by atoms with van der Waals surface area (Å²) in [6.45, 7) is 9.88. The largest absolute Gasteiger partial charge is 0.464 e. The summed E-state index contributed by atoms with van der Waals surface area (Å²) < 4.78 is 12.6. The van der Waals surface area contributed by atoms with Crippen LogP contribution in [0.5, 0.6) is 0 Å². The molecule has 1 aromatic heterocycles. The number of nitrogens with zero attached hydrogens (tertiary/aromatic N) is 4. The van der Waals surface area contributed by atoms with E-state index in [1.165, 1.54) is 0 Å². The Morgan fingerprint density at radius 3 is 2.33 bits per heavy atom. The third-order valence-corrected chi connectivity index (χ3v) is 8.22. The first-order valence-electron chi connectivity index (χ1n) is 17.1. The van der Waals surface area contributed by atoms with E-state index in [1.807, 2.05) is 48.5 Å². The van der Waals surface area contributed by atoms with Crippen LogP contribution in [0.25, 0.3) is 22.5 Å². The molecule has 1 aliphatic rings. The molecule has 0 aliphatic carbocycles. The fourth-order valence-electron chi connectivity index (χ4n) is 5.56. The molecule has 0 saturated carbocycles. The second-order valence-corrected chi connectivity index (χ2v) is 13.0. The summed E-state index contributed by atoms with van der Waals surface area (Å²) in [5.41, 5.74) is 4.28. The van der Waals surface area contributed by atoms with Crippen LogP contribution in [0, 0.1) is 11.8 Å². The van der Waals surface area contributed by atoms with Crippen LogP contribution in [0.2, 0.25) is 0 Å². The molecule has 3 aromatic rings. The lowest BCUT2D eigenvalue weighted by molar-refractivity contribution is -0.144. The molecule has 2 aromatic carbocycles. The van der Waals surface area contributed by atoms with E-state index in [0.29, 0.717) is 73.7 Å². The molecule has 0 spiro atoms. The van der Waals surface area contributed by atoms with E-state index in [0.717, 1.165) is 30.4 Å². The Bertz CT molecular complexity index is 1550. The fraction of sp³-hybridized carbons (Fsp3) is 0.514. The van der Waals surface area contributed by atoms with Gasteiger partial charge < -0.3 is 19.7 Å². The number of benzene rings is 2. The zero-order valence-corrected chi connectivity index (χ0v) is 28.7. The standard InChI is InChI=1S/C37H49N5O6/c1-26(2)10-9-21-48-35(46)25-42-37-31-13-7-8-14-32(31)41(24-28-11-5-6-12-30(28)36(37)39-40-42)34(45)18-17-33(44)38-20-23-47-22-19-29(43)16-15-27(3)4/h5-8,11-14,26-27H,9-10,15-25H2,1-4H3,(H,38,44). The van der Waals surface area contributed by atoms with Crippen LogP contribution < -0.4 is 10.2 Å². The van der Waals surface area contributed by atoms with Crippen LogP contribution in [0.15, 0.2) is 48.5 Å². The molecule has 0 unspecified atom stereocenters. The first kappa shape index (κ1) is 36.5. The molecule has 48 heavy (non-hydrogen) atoms. The highest BCUT2D eigenvalue weighted by molar-refractivity contribution is 6.01. The van der Waals surface area contributed by atoms with E-state index in [-0.39, 0.29) is 43.5 Å². The lowest BCUT2D eigenvalue weighted by atomic mass is 9.95. The summed E-state index contributed by atoms with van der Waals surface area (Å²) in [4.78, 5) is 52.9. The quantitative estimate of drug-likeness (QED) is 0.135. The number of fused-ring (bicyclic) bond motifs is 5. The summed E-state index contributed by atoms with van der Waals surface area (Å²) in [7, 11) is 0. The first-order chi connectivity index (χ1) is 23.1. The number of carbonyl (C=O) groups excluding carboxylic acids is 4. The summed E-state index contributed by atoms with van der Waals surface area (Å²) in [6.07, 6.45) is 3.59. The van der Waals surface area contributed by atoms with E-state index in [1.54, 1.807) is 9.58 Å². The van der Waals surface area contributed by atoms with E-state index in [4.69, 9.17) is 9.47 Å². The predicted molar refractivity (Wildman–Crippen MR) is 184 cm³/mol. The van der Waals surface area contributed by atoms with Crippen LogP contribution in [0.3, 0.4) is 0 Å². The van der Waals surface area contributed by atoms with Crippen LogP contribution >= 0.6 is 0 Å². The third kappa shape index (κ3) is 10.6. The van der Waals surface area contributed by atoms with Crippen molar-refractivity contribution in [1.29, 1.82) is 0 Å². The Labute approximate surface area is 283 Å². The fourth-order valence-corrected chi connectivity index (χ4v) is 5.56. The molecule has 258 valence electrons. The van der Waals surface area contributed by atoms with Gasteiger partial charge in [0, 0.05) is 43.4 Å². The number of hydrogen-bond acceptors (Lipinski definition) is 8. The number of aromatic nitrogens is 3. The van der Waals surface area contributed by atoms with Gasteiger partial charge in [0.05, 0.1) is 37.7 Å². The number of ether oxygens (including phenoxy) is 2. The highest BCUT2D eigenvalue weighted by Crippen LogP contribution is 2.41. The van der Waals surface area contributed by atoms with Crippen LogP contribution in [0.1, 0.15) is 78.2 Å². The van der Waals surface area contributed by atoms with Crippen molar-refractivity contribution in [2.24, 2.45) is 11.8 Å². The highest BCUT2D eigenvalue weighted by Gasteiger charge is 2.29. The molecular weight excluding hydrogens is 610 g/mol. The van der Waals surface area contributed by atoms with E-state index < -0.39 is 5.97 Å². The topological polar surface area (TPSA) is 133 Å². The van der Waals surface area contributed by atoms with Crippen LogP contribution in [-0.4, -0.2) is 64.9 Å². The Morgan fingerprint density at radius 2 is 1.56 bits per heavy atom. The molecule has 0 bridgehead atoms. The zero-order valence-electron chi connectivity index (χ0n) is 28.7. The maximum atomic E-state index is 13.8. The average Bonchev–Trinajstić information content (AvgIpc) is 3.46. The molecule has 2 amide bonds. The summed E-state index contributed by atoms with van der Waals surface area (Å²) >= 11 is 0. The van der Waals surface area contributed by atoms with Crippen molar-refractivity contribution in [1.82, 2.24) is 20.3 Å². The van der Waals surface area contributed by atoms with Crippen molar-refractivity contribution < 1.29 is 28.7 Å². The van der Waals surface area contributed by atoms with Gasteiger partial charge in [-0.15, -0.1) is 5.10 Å². The number of esters is 1. The second kappa shape index (κ2) is 18.2. The van der Waals surface area contributed by atoms with E-state index in [2.05, 4.69) is 43.3 Å². The monoisotopic (exact) mass is 659 g/mol. The van der Waals surface area contributed by atoms with Crippen molar-refractivity contribution in [2.45, 2.75) is 85.7 Å². The van der Waals surface area contributed by atoms with Crippen molar-refractivity contribution in [2.75, 3.05) is 31.3 Å². The van der Waals surface area contributed by atoms with E-state index in [9.17, 15) is 19.2 Å². The number of para-hydroxylation sites is 1. The van der Waals surface area contributed by atoms with Gasteiger partial charge in [0.2, 0.25) is 11.8 Å². The number of hydrogen-bond donors (Lipinski definition) is 1. The Kier molecular flexibility index (Phi) is 13.9. The zero-order chi connectivity index (χ0) is 34.5. The van der Waals surface area contributed by atoms with E-state index >= 15 is 0 Å². The number of Topliss-reactive ketones (excluding diaryl/α,β-unsaturated/α-hetero) is 1. The molecule has 4 rings (SSSR count). The molecule has 0 saturated heterocycles. The van der Waals surface area contributed by atoms with Gasteiger partial charge in [-0.2, -0.15) is 0 Å². The molecule has 0 fully saturated rings. The number of amides is 2. The Balaban J connectivity index is 1.41. The van der Waals surface area contributed by atoms with Crippen molar-refractivity contribution >= 4 is 29.3 Å². The Morgan fingerprint density at radius 1 is 0.833 bits per heavy atom. The van der Waals surface area contributed by atoms with Gasteiger partial charge in [-0.05, 0) is 42.7 Å². The van der Waals surface area contributed by atoms with Crippen LogP contribution in [0.4, 0.5) is 5.69 Å². The molecule has 2 heterocycles. The number of ketones is 1.